The molecule has 7 nitrogen and oxygen atoms in total. The zero-order chi connectivity index (χ0) is 21.0. The van der Waals surface area contributed by atoms with Gasteiger partial charge in [0.2, 0.25) is 0 Å². The van der Waals surface area contributed by atoms with E-state index in [1.165, 1.54) is 11.3 Å². The van der Waals surface area contributed by atoms with Crippen molar-refractivity contribution in [1.29, 1.82) is 0 Å². The van der Waals surface area contributed by atoms with Gasteiger partial charge in [-0.3, -0.25) is 9.69 Å². The molecule has 3 aromatic rings. The number of carbonyl (C=O) groups excluding carboxylic acids is 1. The van der Waals surface area contributed by atoms with Gasteiger partial charge < -0.3 is 14.8 Å². The van der Waals surface area contributed by atoms with E-state index in [-0.39, 0.29) is 12.2 Å². The van der Waals surface area contributed by atoms with Gasteiger partial charge in [-0.2, -0.15) is 0 Å². The van der Waals surface area contributed by atoms with Gasteiger partial charge in [0, 0.05) is 13.1 Å². The number of aryl methyl sites for hydroxylation is 1. The second kappa shape index (κ2) is 9.30. The molecule has 1 atom stereocenters. The third kappa shape index (κ3) is 5.09. The first-order valence-electron chi connectivity index (χ1n) is 9.52. The van der Waals surface area contributed by atoms with Crippen molar-refractivity contribution < 1.29 is 14.6 Å². The van der Waals surface area contributed by atoms with E-state index in [1.807, 2.05) is 35.2 Å². The smallest absolute Gasteiger partial charge is 0.348 e. The fourth-order valence-corrected chi connectivity index (χ4v) is 4.36. The van der Waals surface area contributed by atoms with E-state index < -0.39 is 12.1 Å². The number of nitrogens with one attached hydrogen (secondary N) is 1. The largest absolute Gasteiger partial charge is 0.462 e. The lowest BCUT2D eigenvalue weighted by atomic mass is 10.2. The highest BCUT2D eigenvalue weighted by molar-refractivity contribution is 7.20. The molecule has 2 heterocycles. The summed E-state index contributed by atoms with van der Waals surface area (Å²) < 4.78 is 5.08. The van der Waals surface area contributed by atoms with Gasteiger partial charge in [0.1, 0.15) is 15.5 Å². The van der Waals surface area contributed by atoms with Crippen LogP contribution in [0.2, 0.25) is 0 Å². The molecule has 0 bridgehead atoms. The number of aliphatic hydroxyl groups is 1. The van der Waals surface area contributed by atoms with Gasteiger partial charge in [0.05, 0.1) is 24.6 Å². The summed E-state index contributed by atoms with van der Waals surface area (Å²) in [5.41, 5.74) is 1.42. The van der Waals surface area contributed by atoms with Gasteiger partial charge in [-0.05, 0) is 31.9 Å². The van der Waals surface area contributed by atoms with Crippen molar-refractivity contribution in [3.8, 4) is 0 Å². The highest BCUT2D eigenvalue weighted by Gasteiger charge is 2.21. The summed E-state index contributed by atoms with van der Waals surface area (Å²) in [5, 5.41) is 10.3. The number of hydrogen-bond donors (Lipinski definition) is 2. The average Bonchev–Trinajstić information content (AvgIpc) is 2.99. The minimum Gasteiger partial charge on any atom is -0.462 e. The third-order valence-electron chi connectivity index (χ3n) is 4.46. The molecule has 2 N–H and O–H groups in total. The summed E-state index contributed by atoms with van der Waals surface area (Å²) >= 11 is 1.17. The quantitative estimate of drug-likeness (QED) is 0.549. The van der Waals surface area contributed by atoms with Crippen LogP contribution in [0, 0.1) is 6.92 Å². The first-order valence-corrected chi connectivity index (χ1v) is 10.3. The predicted octanol–water partition coefficient (Wildman–Crippen LogP) is 2.85. The fourth-order valence-electron chi connectivity index (χ4n) is 3.27. The molecule has 29 heavy (non-hydrogen) atoms. The zero-order valence-corrected chi connectivity index (χ0v) is 17.6. The molecule has 2 aromatic heterocycles. The molecular formula is C21H25N3O4S. The van der Waals surface area contributed by atoms with Crippen molar-refractivity contribution in [3.63, 3.8) is 0 Å². The number of aromatic amines is 1. The van der Waals surface area contributed by atoms with Crippen molar-refractivity contribution in [2.45, 2.75) is 40.0 Å². The van der Waals surface area contributed by atoms with Crippen LogP contribution in [0.4, 0.5) is 0 Å². The number of aromatic nitrogens is 2. The first-order chi connectivity index (χ1) is 13.9. The maximum atomic E-state index is 12.7. The second-order valence-electron chi connectivity index (χ2n) is 6.97. The summed E-state index contributed by atoms with van der Waals surface area (Å²) in [6, 6.07) is 9.92. The molecule has 0 fully saturated rings. The number of H-pyrrole nitrogens is 1. The van der Waals surface area contributed by atoms with Gasteiger partial charge in [0.15, 0.2) is 0 Å². The molecule has 0 amide bonds. The van der Waals surface area contributed by atoms with E-state index in [4.69, 9.17) is 4.74 Å². The summed E-state index contributed by atoms with van der Waals surface area (Å²) in [7, 11) is 0. The average molecular weight is 416 g/mol. The number of thiophene rings is 1. The predicted molar refractivity (Wildman–Crippen MR) is 113 cm³/mol. The lowest BCUT2D eigenvalue weighted by molar-refractivity contribution is 0.0531. The highest BCUT2D eigenvalue weighted by atomic mass is 32.1. The van der Waals surface area contributed by atoms with E-state index in [0.717, 1.165) is 5.56 Å². The highest BCUT2D eigenvalue weighted by Crippen LogP contribution is 2.27. The molecular weight excluding hydrogens is 390 g/mol. The standard InChI is InChI=1S/C21H25N3O4S/c1-4-28-21(27)18-14(3)17-19(26)22-16(23-20(17)29-18)12-24(10-13(2)25)11-15-8-6-5-7-9-15/h5-9,13,25H,4,10-12H2,1-3H3,(H,22,23,26). The summed E-state index contributed by atoms with van der Waals surface area (Å²) in [6.45, 7) is 6.90. The van der Waals surface area contributed by atoms with Crippen LogP contribution in [0.15, 0.2) is 35.1 Å². The van der Waals surface area contributed by atoms with Crippen LogP contribution in [0.3, 0.4) is 0 Å². The fraction of sp³-hybridized carbons (Fsp3) is 0.381. The Morgan fingerprint density at radius 1 is 1.31 bits per heavy atom. The normalized spacial score (nSPS) is 12.4. The number of aliphatic hydroxyl groups excluding tert-OH is 1. The number of esters is 1. The molecule has 1 unspecified atom stereocenters. The Morgan fingerprint density at radius 3 is 2.69 bits per heavy atom. The van der Waals surface area contributed by atoms with Gasteiger partial charge >= 0.3 is 5.97 Å². The van der Waals surface area contributed by atoms with E-state index in [1.54, 1.807) is 20.8 Å². The van der Waals surface area contributed by atoms with E-state index in [2.05, 4.69) is 9.97 Å². The lowest BCUT2D eigenvalue weighted by Crippen LogP contribution is -2.31. The maximum absolute atomic E-state index is 12.7. The van der Waals surface area contributed by atoms with Crippen molar-refractivity contribution >= 4 is 27.5 Å². The number of nitrogens with zero attached hydrogens (tertiary/aromatic N) is 2. The van der Waals surface area contributed by atoms with Gasteiger partial charge in [0.25, 0.3) is 5.56 Å². The summed E-state index contributed by atoms with van der Waals surface area (Å²) in [6.07, 6.45) is -0.520. The SMILES string of the molecule is CCOC(=O)c1sc2nc(CN(Cc3ccccc3)CC(C)O)[nH]c(=O)c2c1C. The maximum Gasteiger partial charge on any atom is 0.348 e. The van der Waals surface area contributed by atoms with E-state index in [0.29, 0.717) is 46.1 Å². The minimum atomic E-state index is -0.520. The van der Waals surface area contributed by atoms with E-state index >= 15 is 0 Å². The lowest BCUT2D eigenvalue weighted by Gasteiger charge is -2.23. The number of carbonyl (C=O) groups is 1. The number of benzene rings is 1. The Balaban J connectivity index is 1.91. The van der Waals surface area contributed by atoms with Crippen molar-refractivity contribution in [2.24, 2.45) is 0 Å². The van der Waals surface area contributed by atoms with E-state index in [9.17, 15) is 14.7 Å². The molecule has 0 aliphatic carbocycles. The Kier molecular flexibility index (Phi) is 6.79. The molecule has 0 saturated carbocycles. The van der Waals surface area contributed by atoms with Crippen LogP contribution < -0.4 is 5.56 Å². The van der Waals surface area contributed by atoms with Crippen LogP contribution in [-0.4, -0.2) is 45.2 Å². The van der Waals surface area contributed by atoms with Crippen LogP contribution in [-0.2, 0) is 17.8 Å². The zero-order valence-electron chi connectivity index (χ0n) is 16.8. The van der Waals surface area contributed by atoms with Crippen LogP contribution >= 0.6 is 11.3 Å². The molecule has 0 spiro atoms. The number of ether oxygens (including phenoxy) is 1. The Hall–Kier alpha value is -2.55. The van der Waals surface area contributed by atoms with Gasteiger partial charge in [-0.25, -0.2) is 9.78 Å². The topological polar surface area (TPSA) is 95.5 Å². The molecule has 0 radical (unpaired) electrons. The van der Waals surface area contributed by atoms with Crippen molar-refractivity contribution in [1.82, 2.24) is 14.9 Å². The van der Waals surface area contributed by atoms with Gasteiger partial charge in [-0.1, -0.05) is 30.3 Å². The van der Waals surface area contributed by atoms with Gasteiger partial charge in [-0.15, -0.1) is 11.3 Å². The minimum absolute atomic E-state index is 0.272. The number of rotatable bonds is 8. The molecule has 8 heteroatoms. The molecule has 0 saturated heterocycles. The summed E-state index contributed by atoms with van der Waals surface area (Å²) in [5.74, 6) is 0.0597. The van der Waals surface area contributed by atoms with Crippen LogP contribution in [0.25, 0.3) is 10.2 Å². The molecule has 154 valence electrons. The van der Waals surface area contributed by atoms with Crippen LogP contribution in [0.5, 0.6) is 0 Å². The monoisotopic (exact) mass is 415 g/mol. The molecule has 1 aromatic carbocycles. The summed E-state index contributed by atoms with van der Waals surface area (Å²) in [4.78, 5) is 35.2. The van der Waals surface area contributed by atoms with Crippen LogP contribution in [0.1, 0.15) is 40.5 Å². The number of fused-ring (bicyclic) bond motifs is 1. The molecule has 0 aliphatic rings. The molecule has 3 rings (SSSR count). The van der Waals surface area contributed by atoms with Crippen molar-refractivity contribution in [3.05, 3.63) is 62.5 Å². The third-order valence-corrected chi connectivity index (χ3v) is 5.62. The number of hydrogen-bond acceptors (Lipinski definition) is 7. The Morgan fingerprint density at radius 2 is 2.03 bits per heavy atom. The first kappa shape index (κ1) is 21.2. The molecule has 0 aliphatic heterocycles. The Bertz CT molecular complexity index is 1040. The second-order valence-corrected chi connectivity index (χ2v) is 7.97. The van der Waals surface area contributed by atoms with Crippen molar-refractivity contribution in [2.75, 3.05) is 13.2 Å². The Labute approximate surface area is 173 Å².